The number of amides is 1. The van der Waals surface area contributed by atoms with Gasteiger partial charge in [0.25, 0.3) is 5.91 Å². The Morgan fingerprint density at radius 2 is 2.33 bits per heavy atom. The lowest BCUT2D eigenvalue weighted by Crippen LogP contribution is -2.39. The van der Waals surface area contributed by atoms with Gasteiger partial charge in [-0.1, -0.05) is 17.9 Å². The molecule has 0 aliphatic carbocycles. The molecule has 0 bridgehead atoms. The Balaban J connectivity index is 2.11. The lowest BCUT2D eigenvalue weighted by Gasteiger charge is -2.16. The number of carbonyl (C=O) groups excluding carboxylic acids is 1. The molecule has 1 heterocycles. The molecule has 0 saturated carbocycles. The van der Waals surface area contributed by atoms with Crippen LogP contribution in [0.4, 0.5) is 0 Å². The van der Waals surface area contributed by atoms with Crippen LogP contribution in [-0.4, -0.2) is 36.4 Å². The number of aliphatic hydroxyl groups is 1. The molecule has 4 nitrogen and oxygen atoms in total. The summed E-state index contributed by atoms with van der Waals surface area (Å²) in [5, 5.41) is 11.8. The summed E-state index contributed by atoms with van der Waals surface area (Å²) in [5.74, 6) is 5.79. The molecule has 2 rings (SSSR count). The molecule has 0 aromatic heterocycles. The number of aryl methyl sites for hydroxylation is 1. The molecule has 2 unspecified atom stereocenters. The zero-order chi connectivity index (χ0) is 15.2. The Bertz CT molecular complexity index is 571. The number of hydrogen-bond acceptors (Lipinski definition) is 3. The van der Waals surface area contributed by atoms with E-state index in [-0.39, 0.29) is 24.7 Å². The third kappa shape index (κ3) is 4.07. The molecule has 1 fully saturated rings. The Kier molecular flexibility index (Phi) is 5.38. The summed E-state index contributed by atoms with van der Waals surface area (Å²) < 4.78 is 5.45. The van der Waals surface area contributed by atoms with E-state index in [1.807, 2.05) is 26.0 Å². The van der Waals surface area contributed by atoms with Gasteiger partial charge in [-0.25, -0.2) is 0 Å². The van der Waals surface area contributed by atoms with Crippen LogP contribution in [0.3, 0.4) is 0 Å². The fraction of sp³-hybridized carbons (Fsp3) is 0.471. The molecule has 0 spiro atoms. The van der Waals surface area contributed by atoms with Gasteiger partial charge in [-0.15, -0.1) is 0 Å². The topological polar surface area (TPSA) is 58.6 Å². The minimum absolute atomic E-state index is 0.0474. The molecular formula is C17H21NO3. The van der Waals surface area contributed by atoms with Crippen LogP contribution in [0.15, 0.2) is 18.2 Å². The number of aliphatic hydroxyl groups excluding tert-OH is 1. The van der Waals surface area contributed by atoms with E-state index in [9.17, 15) is 4.79 Å². The molecule has 4 heteroatoms. The van der Waals surface area contributed by atoms with Crippen LogP contribution in [0, 0.1) is 18.8 Å². The first-order valence-electron chi connectivity index (χ1n) is 7.24. The minimum atomic E-state index is -0.0949. The Morgan fingerprint density at radius 3 is 3.00 bits per heavy atom. The zero-order valence-electron chi connectivity index (χ0n) is 12.5. The van der Waals surface area contributed by atoms with Gasteiger partial charge < -0.3 is 15.2 Å². The van der Waals surface area contributed by atoms with Gasteiger partial charge in [0.05, 0.1) is 18.8 Å². The summed E-state index contributed by atoms with van der Waals surface area (Å²) in [6.45, 7) is 4.67. The van der Waals surface area contributed by atoms with Gasteiger partial charge in [0, 0.05) is 24.2 Å². The Hall–Kier alpha value is -1.83. The van der Waals surface area contributed by atoms with Crippen LogP contribution < -0.4 is 5.32 Å². The monoisotopic (exact) mass is 287 g/mol. The summed E-state index contributed by atoms with van der Waals surface area (Å²) in [7, 11) is 0. The van der Waals surface area contributed by atoms with Crippen LogP contribution in [0.1, 0.15) is 41.3 Å². The van der Waals surface area contributed by atoms with Gasteiger partial charge in [-0.3, -0.25) is 4.79 Å². The van der Waals surface area contributed by atoms with E-state index < -0.39 is 0 Å². The maximum Gasteiger partial charge on any atom is 0.251 e. The molecule has 1 amide bonds. The van der Waals surface area contributed by atoms with Crippen molar-refractivity contribution < 1.29 is 14.6 Å². The first kappa shape index (κ1) is 15.6. The third-order valence-electron chi connectivity index (χ3n) is 3.65. The average molecular weight is 287 g/mol. The molecule has 2 N–H and O–H groups in total. The average Bonchev–Trinajstić information content (AvgIpc) is 2.86. The second-order valence-electron chi connectivity index (χ2n) is 5.25. The number of rotatable bonds is 3. The van der Waals surface area contributed by atoms with Gasteiger partial charge in [0.15, 0.2) is 0 Å². The van der Waals surface area contributed by atoms with Crippen LogP contribution in [0.5, 0.6) is 0 Å². The molecule has 2 atom stereocenters. The van der Waals surface area contributed by atoms with Crippen LogP contribution in [0.2, 0.25) is 0 Å². The molecule has 1 saturated heterocycles. The van der Waals surface area contributed by atoms with E-state index in [4.69, 9.17) is 9.84 Å². The smallest absolute Gasteiger partial charge is 0.251 e. The molecule has 1 aliphatic rings. The first-order valence-corrected chi connectivity index (χ1v) is 7.24. The maximum atomic E-state index is 12.3. The number of carbonyl (C=O) groups is 1. The van der Waals surface area contributed by atoms with Crippen molar-refractivity contribution in [3.8, 4) is 11.8 Å². The fourth-order valence-corrected chi connectivity index (χ4v) is 2.28. The summed E-state index contributed by atoms with van der Waals surface area (Å²) in [6, 6.07) is 5.58. The van der Waals surface area contributed by atoms with Crippen molar-refractivity contribution in [1.29, 1.82) is 0 Å². The van der Waals surface area contributed by atoms with Crippen molar-refractivity contribution in [2.75, 3.05) is 13.2 Å². The van der Waals surface area contributed by atoms with Gasteiger partial charge >= 0.3 is 0 Å². The van der Waals surface area contributed by atoms with Gasteiger partial charge in [-0.2, -0.15) is 0 Å². The molecule has 1 aliphatic heterocycles. The highest BCUT2D eigenvalue weighted by Gasteiger charge is 2.26. The largest absolute Gasteiger partial charge is 0.395 e. The normalized spacial score (nSPS) is 20.7. The van der Waals surface area contributed by atoms with E-state index >= 15 is 0 Å². The molecule has 0 radical (unpaired) electrons. The standard InChI is InChI=1S/C17H21NO3/c1-12-6-7-15(11-14(12)5-3-4-9-19)17(20)18-16-8-10-21-13(16)2/h6-7,11,13,16,19H,4,8-10H2,1-2H3,(H,18,20). The quantitative estimate of drug-likeness (QED) is 0.831. The SMILES string of the molecule is Cc1ccc(C(=O)NC2CCOC2C)cc1C#CCCO. The molecular weight excluding hydrogens is 266 g/mol. The maximum absolute atomic E-state index is 12.3. The van der Waals surface area contributed by atoms with E-state index in [1.54, 1.807) is 6.07 Å². The Labute approximate surface area is 125 Å². The highest BCUT2D eigenvalue weighted by molar-refractivity contribution is 5.95. The first-order chi connectivity index (χ1) is 10.1. The van der Waals surface area contributed by atoms with Crippen LogP contribution in [-0.2, 0) is 4.74 Å². The van der Waals surface area contributed by atoms with E-state index in [1.165, 1.54) is 0 Å². The highest BCUT2D eigenvalue weighted by Crippen LogP contribution is 2.15. The second-order valence-corrected chi connectivity index (χ2v) is 5.25. The van der Waals surface area contributed by atoms with Crippen molar-refractivity contribution in [3.63, 3.8) is 0 Å². The van der Waals surface area contributed by atoms with Crippen molar-refractivity contribution in [2.24, 2.45) is 0 Å². The number of benzene rings is 1. The van der Waals surface area contributed by atoms with E-state index in [0.29, 0.717) is 18.6 Å². The lowest BCUT2D eigenvalue weighted by atomic mass is 10.0. The van der Waals surface area contributed by atoms with Gasteiger partial charge in [-0.05, 0) is 38.0 Å². The van der Waals surface area contributed by atoms with Crippen molar-refractivity contribution in [3.05, 3.63) is 34.9 Å². The van der Waals surface area contributed by atoms with Crippen molar-refractivity contribution >= 4 is 5.91 Å². The summed E-state index contributed by atoms with van der Waals surface area (Å²) in [6.07, 6.45) is 1.34. The fourth-order valence-electron chi connectivity index (χ4n) is 2.28. The predicted molar refractivity (Wildman–Crippen MR) is 81.0 cm³/mol. The van der Waals surface area contributed by atoms with Gasteiger partial charge in [0.1, 0.15) is 0 Å². The van der Waals surface area contributed by atoms with Crippen LogP contribution >= 0.6 is 0 Å². The summed E-state index contributed by atoms with van der Waals surface area (Å²) >= 11 is 0. The molecule has 112 valence electrons. The number of nitrogens with one attached hydrogen (secondary N) is 1. The molecule has 1 aromatic rings. The van der Waals surface area contributed by atoms with E-state index in [2.05, 4.69) is 17.2 Å². The highest BCUT2D eigenvalue weighted by atomic mass is 16.5. The number of ether oxygens (including phenoxy) is 1. The van der Waals surface area contributed by atoms with E-state index in [0.717, 1.165) is 17.5 Å². The summed E-state index contributed by atoms with van der Waals surface area (Å²) in [5.41, 5.74) is 2.45. The minimum Gasteiger partial charge on any atom is -0.395 e. The molecule has 1 aromatic carbocycles. The van der Waals surface area contributed by atoms with Gasteiger partial charge in [0.2, 0.25) is 0 Å². The lowest BCUT2D eigenvalue weighted by molar-refractivity contribution is 0.0866. The predicted octanol–water partition coefficient (Wildman–Crippen LogP) is 1.64. The Morgan fingerprint density at radius 1 is 1.52 bits per heavy atom. The summed E-state index contributed by atoms with van der Waals surface area (Å²) in [4.78, 5) is 12.3. The zero-order valence-corrected chi connectivity index (χ0v) is 12.5. The second kappa shape index (κ2) is 7.26. The van der Waals surface area contributed by atoms with Crippen LogP contribution in [0.25, 0.3) is 0 Å². The third-order valence-corrected chi connectivity index (χ3v) is 3.65. The van der Waals surface area contributed by atoms with Crippen molar-refractivity contribution in [2.45, 2.75) is 38.8 Å². The molecule has 21 heavy (non-hydrogen) atoms. The van der Waals surface area contributed by atoms with Crippen molar-refractivity contribution in [1.82, 2.24) is 5.32 Å². The number of hydrogen-bond donors (Lipinski definition) is 2.